The second-order valence-electron chi connectivity index (χ2n) is 6.81. The van der Waals surface area contributed by atoms with Crippen LogP contribution in [0.1, 0.15) is 90.4 Å². The van der Waals surface area contributed by atoms with Crippen molar-refractivity contribution < 1.29 is 10.2 Å². The maximum Gasteiger partial charge on any atom is 0.0950 e. The van der Waals surface area contributed by atoms with Gasteiger partial charge in [-0.3, -0.25) is 0 Å². The second-order valence-corrected chi connectivity index (χ2v) is 6.81. The van der Waals surface area contributed by atoms with E-state index in [4.69, 9.17) is 11.3 Å². The van der Waals surface area contributed by atoms with Gasteiger partial charge in [0.15, 0.2) is 0 Å². The predicted octanol–water partition coefficient (Wildman–Crippen LogP) is 4.44. The van der Waals surface area contributed by atoms with Crippen molar-refractivity contribution in [3.8, 4) is 0 Å². The molecule has 0 aromatic rings. The lowest BCUT2D eigenvalue weighted by atomic mass is 9.99. The van der Waals surface area contributed by atoms with Gasteiger partial charge < -0.3 is 15.9 Å². The number of nitrogens with zero attached hydrogens (tertiary/aromatic N) is 3. The Morgan fingerprint density at radius 3 is 1.79 bits per heavy atom. The van der Waals surface area contributed by atoms with Crippen molar-refractivity contribution in [3.05, 3.63) is 10.4 Å². The first-order valence-electron chi connectivity index (χ1n) is 9.76. The molecule has 0 saturated carbocycles. The van der Waals surface area contributed by atoms with E-state index in [0.717, 1.165) is 12.8 Å². The third-order valence-electron chi connectivity index (χ3n) is 4.54. The highest BCUT2D eigenvalue weighted by Crippen LogP contribution is 2.14. The van der Waals surface area contributed by atoms with Crippen molar-refractivity contribution >= 4 is 0 Å². The predicted molar refractivity (Wildman–Crippen MR) is 99.7 cm³/mol. The van der Waals surface area contributed by atoms with Gasteiger partial charge in [-0.25, -0.2) is 0 Å². The number of hydrogen-bond donors (Lipinski definition) is 3. The van der Waals surface area contributed by atoms with E-state index in [1.807, 2.05) is 0 Å². The van der Waals surface area contributed by atoms with Gasteiger partial charge in [0, 0.05) is 17.5 Å². The van der Waals surface area contributed by atoms with E-state index in [1.54, 1.807) is 0 Å². The first-order valence-corrected chi connectivity index (χ1v) is 9.76. The fourth-order valence-corrected chi connectivity index (χ4v) is 2.89. The van der Waals surface area contributed by atoms with Crippen molar-refractivity contribution in [1.29, 1.82) is 0 Å². The molecule has 6 nitrogen and oxygen atoms in total. The fourth-order valence-electron chi connectivity index (χ4n) is 2.89. The van der Waals surface area contributed by atoms with E-state index in [2.05, 4.69) is 16.9 Å². The molecule has 6 heteroatoms. The highest BCUT2D eigenvalue weighted by molar-refractivity contribution is 4.80. The van der Waals surface area contributed by atoms with Crippen LogP contribution in [0, 0.1) is 0 Å². The van der Waals surface area contributed by atoms with Crippen LogP contribution in [-0.2, 0) is 0 Å². The molecule has 0 unspecified atom stereocenters. The molecule has 24 heavy (non-hydrogen) atoms. The summed E-state index contributed by atoms with van der Waals surface area (Å²) in [7, 11) is 0. The first-order chi connectivity index (χ1) is 11.6. The number of aliphatic hydroxyl groups excluding tert-OH is 2. The van der Waals surface area contributed by atoms with Crippen LogP contribution in [0.15, 0.2) is 5.11 Å². The second kappa shape index (κ2) is 17.0. The molecule has 0 heterocycles. The largest absolute Gasteiger partial charge is 0.390 e. The van der Waals surface area contributed by atoms with Gasteiger partial charge in [0.1, 0.15) is 0 Å². The van der Waals surface area contributed by atoms with Crippen LogP contribution < -0.4 is 5.73 Å². The lowest BCUT2D eigenvalue weighted by molar-refractivity contribution is 0.0000636. The molecule has 0 aliphatic rings. The van der Waals surface area contributed by atoms with Gasteiger partial charge >= 0.3 is 0 Å². The highest BCUT2D eigenvalue weighted by Gasteiger charge is 2.22. The highest BCUT2D eigenvalue weighted by atomic mass is 16.3. The van der Waals surface area contributed by atoms with Crippen molar-refractivity contribution in [2.75, 3.05) is 6.54 Å². The standard InChI is InChI=1S/C18H38N4O2/c1-2-3-4-5-6-7-8-9-10-11-12-13-14-17(23)18(24)16(19)15-21-22-20/h16-18,23-24H,2-15,19H2,1H3/t16-,17-,18-/m0/s1. The summed E-state index contributed by atoms with van der Waals surface area (Å²) in [6, 6.07) is -0.701. The van der Waals surface area contributed by atoms with Gasteiger partial charge in [0.05, 0.1) is 12.2 Å². The molecular formula is C18H38N4O2. The van der Waals surface area contributed by atoms with Gasteiger partial charge in [-0.2, -0.15) is 0 Å². The van der Waals surface area contributed by atoms with E-state index in [0.29, 0.717) is 6.42 Å². The van der Waals surface area contributed by atoms with Crippen molar-refractivity contribution in [2.24, 2.45) is 10.8 Å². The molecule has 0 aliphatic heterocycles. The maximum atomic E-state index is 9.88. The minimum atomic E-state index is -1.02. The molecule has 3 atom stereocenters. The van der Waals surface area contributed by atoms with Crippen LogP contribution in [0.2, 0.25) is 0 Å². The van der Waals surface area contributed by atoms with Crippen molar-refractivity contribution in [1.82, 2.24) is 0 Å². The Morgan fingerprint density at radius 2 is 1.33 bits per heavy atom. The van der Waals surface area contributed by atoms with Crippen LogP contribution in [-0.4, -0.2) is 35.0 Å². The Labute approximate surface area is 147 Å². The van der Waals surface area contributed by atoms with E-state index in [-0.39, 0.29) is 6.54 Å². The van der Waals surface area contributed by atoms with Gasteiger partial charge in [0.2, 0.25) is 0 Å². The maximum absolute atomic E-state index is 9.88. The molecule has 0 amide bonds. The van der Waals surface area contributed by atoms with E-state index < -0.39 is 18.2 Å². The molecule has 0 radical (unpaired) electrons. The number of nitrogens with two attached hydrogens (primary N) is 1. The number of azide groups is 1. The van der Waals surface area contributed by atoms with Gasteiger partial charge in [0.25, 0.3) is 0 Å². The third kappa shape index (κ3) is 13.6. The molecule has 0 spiro atoms. The smallest absolute Gasteiger partial charge is 0.0950 e. The fraction of sp³-hybridized carbons (Fsp3) is 1.00. The molecule has 4 N–H and O–H groups in total. The molecular weight excluding hydrogens is 304 g/mol. The summed E-state index contributed by atoms with van der Waals surface area (Å²) in [5, 5.41) is 23.0. The van der Waals surface area contributed by atoms with Crippen LogP contribution in [0.5, 0.6) is 0 Å². The normalized spacial score (nSPS) is 14.8. The summed E-state index contributed by atoms with van der Waals surface area (Å²) in [5.41, 5.74) is 13.9. The monoisotopic (exact) mass is 342 g/mol. The molecule has 0 fully saturated rings. The summed E-state index contributed by atoms with van der Waals surface area (Å²) in [5.74, 6) is 0. The topological polar surface area (TPSA) is 115 Å². The summed E-state index contributed by atoms with van der Waals surface area (Å²) in [6.07, 6.45) is 13.9. The molecule has 142 valence electrons. The lowest BCUT2D eigenvalue weighted by Gasteiger charge is -2.22. The van der Waals surface area contributed by atoms with Gasteiger partial charge in [-0.05, 0) is 12.0 Å². The molecule has 0 aromatic heterocycles. The number of aliphatic hydroxyl groups is 2. The number of unbranched alkanes of at least 4 members (excludes halogenated alkanes) is 11. The zero-order valence-electron chi connectivity index (χ0n) is 15.4. The summed E-state index contributed by atoms with van der Waals surface area (Å²) >= 11 is 0. The van der Waals surface area contributed by atoms with Crippen LogP contribution in [0.4, 0.5) is 0 Å². The zero-order chi connectivity index (χ0) is 18.0. The van der Waals surface area contributed by atoms with E-state index in [1.165, 1.54) is 64.2 Å². The van der Waals surface area contributed by atoms with E-state index >= 15 is 0 Å². The average molecular weight is 343 g/mol. The third-order valence-corrected chi connectivity index (χ3v) is 4.54. The Balaban J connectivity index is 3.41. The first kappa shape index (κ1) is 23.2. The molecule has 0 aliphatic carbocycles. The zero-order valence-corrected chi connectivity index (χ0v) is 15.4. The Bertz CT molecular complexity index is 322. The van der Waals surface area contributed by atoms with Crippen molar-refractivity contribution in [3.63, 3.8) is 0 Å². The van der Waals surface area contributed by atoms with Crippen molar-refractivity contribution in [2.45, 2.75) is 109 Å². The van der Waals surface area contributed by atoms with Crippen LogP contribution in [0.25, 0.3) is 10.4 Å². The summed E-state index contributed by atoms with van der Waals surface area (Å²) < 4.78 is 0. The molecule has 0 rings (SSSR count). The summed E-state index contributed by atoms with van der Waals surface area (Å²) in [4.78, 5) is 2.61. The average Bonchev–Trinajstić information content (AvgIpc) is 2.59. The van der Waals surface area contributed by atoms with E-state index in [9.17, 15) is 10.2 Å². The summed E-state index contributed by atoms with van der Waals surface area (Å²) in [6.45, 7) is 2.25. The molecule has 0 aromatic carbocycles. The SMILES string of the molecule is CCCCCCCCCCCCCC[C@H](O)[C@@H](O)[C@@H](N)CN=[N+]=[N-]. The van der Waals surface area contributed by atoms with Crippen LogP contribution in [0.3, 0.4) is 0 Å². The molecule has 0 bridgehead atoms. The minimum Gasteiger partial charge on any atom is -0.390 e. The minimum absolute atomic E-state index is 0.00711. The Hall–Kier alpha value is -0.810. The number of hydrogen-bond acceptors (Lipinski definition) is 4. The lowest BCUT2D eigenvalue weighted by Crippen LogP contribution is -2.44. The van der Waals surface area contributed by atoms with Gasteiger partial charge in [-0.1, -0.05) is 89.1 Å². The Morgan fingerprint density at radius 1 is 0.875 bits per heavy atom. The Kier molecular flexibility index (Phi) is 16.5. The van der Waals surface area contributed by atoms with Gasteiger partial charge in [-0.15, -0.1) is 0 Å². The van der Waals surface area contributed by atoms with Crippen LogP contribution >= 0.6 is 0 Å². The quantitative estimate of drug-likeness (QED) is 0.157. The number of rotatable bonds is 17. The molecule has 0 saturated heterocycles.